The number of rotatable bonds is 4. The number of hydrogen-bond acceptors (Lipinski definition) is 3. The lowest BCUT2D eigenvalue weighted by molar-refractivity contribution is 0.230. The summed E-state index contributed by atoms with van der Waals surface area (Å²) in [6, 6.07) is 11.1. The number of urea groups is 1. The second-order valence-corrected chi connectivity index (χ2v) is 5.89. The number of aromatic nitrogens is 2. The van der Waals surface area contributed by atoms with Gasteiger partial charge in [-0.25, -0.2) is 4.79 Å². The van der Waals surface area contributed by atoms with Crippen LogP contribution in [0, 0.1) is 0 Å². The van der Waals surface area contributed by atoms with E-state index in [0.29, 0.717) is 0 Å². The lowest BCUT2D eigenvalue weighted by atomic mass is 9.96. The lowest BCUT2D eigenvalue weighted by Gasteiger charge is -2.25. The highest BCUT2D eigenvalue weighted by Crippen LogP contribution is 2.19. The summed E-state index contributed by atoms with van der Waals surface area (Å²) in [4.78, 5) is 21.1. The molecular formula is C18H22N4O. The Kier molecular flexibility index (Phi) is 5.19. The van der Waals surface area contributed by atoms with Gasteiger partial charge in [0, 0.05) is 18.4 Å². The molecule has 0 atom stereocenters. The third-order valence-electron chi connectivity index (χ3n) is 4.18. The van der Waals surface area contributed by atoms with Gasteiger partial charge in [0.05, 0.1) is 11.4 Å². The molecule has 5 nitrogen and oxygen atoms in total. The fourth-order valence-electron chi connectivity index (χ4n) is 3.00. The molecule has 2 aromatic heterocycles. The molecular weight excluding hydrogens is 288 g/mol. The normalized spacial score (nSPS) is 15.3. The smallest absolute Gasteiger partial charge is 0.315 e. The number of carbonyl (C=O) groups is 1. The van der Waals surface area contributed by atoms with Crippen LogP contribution in [-0.4, -0.2) is 22.0 Å². The number of nitrogens with one attached hydrogen (secondary N) is 2. The maximum atomic E-state index is 12.4. The van der Waals surface area contributed by atoms with E-state index in [1.165, 1.54) is 19.3 Å². The molecule has 5 heteroatoms. The van der Waals surface area contributed by atoms with Crippen LogP contribution in [-0.2, 0) is 0 Å². The average Bonchev–Trinajstić information content (AvgIpc) is 2.62. The molecule has 2 aromatic rings. The molecule has 2 N–H and O–H groups in total. The van der Waals surface area contributed by atoms with Gasteiger partial charge in [0.25, 0.3) is 0 Å². The van der Waals surface area contributed by atoms with E-state index in [1.807, 2.05) is 36.4 Å². The Labute approximate surface area is 136 Å². The minimum Gasteiger partial charge on any atom is -0.335 e. The van der Waals surface area contributed by atoms with Crippen LogP contribution in [0.5, 0.6) is 0 Å². The molecule has 0 aromatic carbocycles. The molecule has 120 valence electrons. The first kappa shape index (κ1) is 15.5. The van der Waals surface area contributed by atoms with Crippen LogP contribution in [0.2, 0.25) is 0 Å². The zero-order valence-electron chi connectivity index (χ0n) is 13.1. The molecule has 2 heterocycles. The standard InChI is InChI=1S/C18H22N4O/c23-18(21-14-8-2-1-3-9-14)22-17(15-10-4-6-12-19-15)16-11-5-7-13-20-16/h4-7,10-14,17H,1-3,8-9H2,(H2,21,22,23). The molecule has 0 aliphatic heterocycles. The van der Waals surface area contributed by atoms with E-state index in [-0.39, 0.29) is 18.1 Å². The molecule has 0 radical (unpaired) electrons. The Morgan fingerprint density at radius 1 is 0.957 bits per heavy atom. The van der Waals surface area contributed by atoms with Crippen LogP contribution in [0.15, 0.2) is 48.8 Å². The van der Waals surface area contributed by atoms with Gasteiger partial charge in [-0.3, -0.25) is 9.97 Å². The average molecular weight is 310 g/mol. The molecule has 0 bridgehead atoms. The van der Waals surface area contributed by atoms with Crippen molar-refractivity contribution in [1.29, 1.82) is 0 Å². The zero-order chi connectivity index (χ0) is 15.9. The second-order valence-electron chi connectivity index (χ2n) is 5.89. The summed E-state index contributed by atoms with van der Waals surface area (Å²) < 4.78 is 0. The van der Waals surface area contributed by atoms with Gasteiger partial charge in [-0.05, 0) is 37.1 Å². The summed E-state index contributed by atoms with van der Waals surface area (Å²) in [6.45, 7) is 0. The molecule has 0 spiro atoms. The fraction of sp³-hybridized carbons (Fsp3) is 0.389. The lowest BCUT2D eigenvalue weighted by Crippen LogP contribution is -2.44. The first-order valence-electron chi connectivity index (χ1n) is 8.22. The quantitative estimate of drug-likeness (QED) is 0.911. The van der Waals surface area contributed by atoms with Crippen LogP contribution in [0.4, 0.5) is 4.79 Å². The maximum absolute atomic E-state index is 12.4. The third kappa shape index (κ3) is 4.28. The molecule has 1 saturated carbocycles. The van der Waals surface area contributed by atoms with Crippen molar-refractivity contribution in [1.82, 2.24) is 20.6 Å². The van der Waals surface area contributed by atoms with Gasteiger partial charge >= 0.3 is 6.03 Å². The van der Waals surface area contributed by atoms with Gasteiger partial charge < -0.3 is 10.6 Å². The molecule has 1 fully saturated rings. The monoisotopic (exact) mass is 310 g/mol. The van der Waals surface area contributed by atoms with Crippen molar-refractivity contribution in [2.75, 3.05) is 0 Å². The third-order valence-corrected chi connectivity index (χ3v) is 4.18. The molecule has 23 heavy (non-hydrogen) atoms. The van der Waals surface area contributed by atoms with Crippen molar-refractivity contribution in [3.05, 3.63) is 60.2 Å². The van der Waals surface area contributed by atoms with E-state index in [2.05, 4.69) is 20.6 Å². The van der Waals surface area contributed by atoms with Crippen molar-refractivity contribution in [3.63, 3.8) is 0 Å². The van der Waals surface area contributed by atoms with Crippen molar-refractivity contribution in [2.24, 2.45) is 0 Å². The van der Waals surface area contributed by atoms with Crippen LogP contribution in [0.25, 0.3) is 0 Å². The van der Waals surface area contributed by atoms with Crippen LogP contribution < -0.4 is 10.6 Å². The van der Waals surface area contributed by atoms with Gasteiger partial charge in [0.1, 0.15) is 6.04 Å². The molecule has 3 rings (SSSR count). The number of amides is 2. The highest BCUT2D eigenvalue weighted by atomic mass is 16.2. The second kappa shape index (κ2) is 7.72. The summed E-state index contributed by atoms with van der Waals surface area (Å²) in [5.74, 6) is 0. The largest absolute Gasteiger partial charge is 0.335 e. The van der Waals surface area contributed by atoms with Crippen molar-refractivity contribution in [2.45, 2.75) is 44.2 Å². The molecule has 1 aliphatic rings. The Morgan fingerprint density at radius 3 is 2.09 bits per heavy atom. The van der Waals surface area contributed by atoms with Crippen LogP contribution in [0.1, 0.15) is 49.5 Å². The molecule has 0 saturated heterocycles. The van der Waals surface area contributed by atoms with Gasteiger partial charge in [-0.2, -0.15) is 0 Å². The maximum Gasteiger partial charge on any atom is 0.315 e. The highest BCUT2D eigenvalue weighted by Gasteiger charge is 2.21. The van der Waals surface area contributed by atoms with E-state index in [4.69, 9.17) is 0 Å². The van der Waals surface area contributed by atoms with Gasteiger partial charge in [-0.1, -0.05) is 31.4 Å². The minimum absolute atomic E-state index is 0.154. The van der Waals surface area contributed by atoms with Crippen molar-refractivity contribution in [3.8, 4) is 0 Å². The number of pyridine rings is 2. The SMILES string of the molecule is O=C(NC1CCCCC1)NC(c1ccccn1)c1ccccn1. The summed E-state index contributed by atoms with van der Waals surface area (Å²) in [7, 11) is 0. The zero-order valence-corrected chi connectivity index (χ0v) is 13.1. The van der Waals surface area contributed by atoms with Gasteiger partial charge in [-0.15, -0.1) is 0 Å². The molecule has 0 unspecified atom stereocenters. The summed E-state index contributed by atoms with van der Waals surface area (Å²) >= 11 is 0. The Morgan fingerprint density at radius 2 is 1.57 bits per heavy atom. The Bertz CT molecular complexity index is 572. The summed E-state index contributed by atoms with van der Waals surface area (Å²) in [6.07, 6.45) is 9.22. The fourth-order valence-corrected chi connectivity index (χ4v) is 3.00. The van der Waals surface area contributed by atoms with E-state index < -0.39 is 0 Å². The first-order chi connectivity index (χ1) is 11.3. The van der Waals surface area contributed by atoms with Crippen molar-refractivity contribution >= 4 is 6.03 Å². The van der Waals surface area contributed by atoms with Crippen LogP contribution in [0.3, 0.4) is 0 Å². The number of carbonyl (C=O) groups excluding carboxylic acids is 1. The topological polar surface area (TPSA) is 66.9 Å². The molecule has 2 amide bonds. The van der Waals surface area contributed by atoms with Crippen LogP contribution >= 0.6 is 0 Å². The van der Waals surface area contributed by atoms with Crippen molar-refractivity contribution < 1.29 is 4.79 Å². The highest BCUT2D eigenvalue weighted by molar-refractivity contribution is 5.75. The Hall–Kier alpha value is -2.43. The summed E-state index contributed by atoms with van der Waals surface area (Å²) in [5.41, 5.74) is 1.56. The van der Waals surface area contributed by atoms with E-state index in [9.17, 15) is 4.79 Å². The minimum atomic E-state index is -0.346. The van der Waals surface area contributed by atoms with Gasteiger partial charge in [0.2, 0.25) is 0 Å². The Balaban J connectivity index is 1.72. The predicted molar refractivity (Wildman–Crippen MR) is 88.9 cm³/mol. The number of nitrogens with zero attached hydrogens (tertiary/aromatic N) is 2. The number of hydrogen-bond donors (Lipinski definition) is 2. The predicted octanol–water partition coefficient (Wildman–Crippen LogP) is 3.20. The van der Waals surface area contributed by atoms with E-state index in [0.717, 1.165) is 24.2 Å². The van der Waals surface area contributed by atoms with Gasteiger partial charge in [0.15, 0.2) is 0 Å². The first-order valence-corrected chi connectivity index (χ1v) is 8.22. The van der Waals surface area contributed by atoms with E-state index >= 15 is 0 Å². The summed E-state index contributed by atoms with van der Waals surface area (Å²) in [5, 5.41) is 6.11. The molecule has 1 aliphatic carbocycles. The van der Waals surface area contributed by atoms with E-state index in [1.54, 1.807) is 12.4 Å².